The van der Waals surface area contributed by atoms with E-state index in [1.807, 2.05) is 5.92 Å². The second kappa shape index (κ2) is 10.1. The van der Waals surface area contributed by atoms with Crippen molar-refractivity contribution in [2.45, 2.75) is 30.0 Å². The SMILES string of the molecule is C#C[C@@](O)([C@@H](COC(Cc1cscn1)(C(=O)O)C(=O)O)OC)[C@@H](O)n1cnc2c(N)nc(Cl)nc21. The zero-order valence-corrected chi connectivity index (χ0v) is 19.5. The molecule has 0 aliphatic heterocycles. The minimum Gasteiger partial charge on any atom is -0.479 e. The van der Waals surface area contributed by atoms with E-state index in [1.54, 1.807) is 0 Å². The molecule has 186 valence electrons. The van der Waals surface area contributed by atoms with E-state index in [9.17, 15) is 30.0 Å². The number of aliphatic hydroxyl groups excluding tert-OH is 1. The number of carboxylic acids is 2. The highest BCUT2D eigenvalue weighted by Crippen LogP contribution is 2.31. The highest BCUT2D eigenvalue weighted by Gasteiger charge is 2.52. The van der Waals surface area contributed by atoms with Crippen molar-refractivity contribution in [1.29, 1.82) is 0 Å². The fourth-order valence-electron chi connectivity index (χ4n) is 3.23. The first-order valence-corrected chi connectivity index (χ1v) is 10.9. The molecule has 0 aliphatic carbocycles. The Labute approximate surface area is 205 Å². The number of nitrogen functional groups attached to an aromatic ring is 1. The molecule has 0 radical (unpaired) electrons. The van der Waals surface area contributed by atoms with Crippen LogP contribution in [0, 0.1) is 12.3 Å². The molecule has 0 unspecified atom stereocenters. The molecule has 3 rings (SSSR count). The van der Waals surface area contributed by atoms with Crippen molar-refractivity contribution in [3.05, 3.63) is 28.2 Å². The molecule has 3 atom stereocenters. The number of rotatable bonds is 11. The molecule has 0 aliphatic rings. The number of imidazole rings is 1. The van der Waals surface area contributed by atoms with E-state index in [-0.39, 0.29) is 28.0 Å². The number of nitrogens with two attached hydrogens (primary N) is 1. The van der Waals surface area contributed by atoms with Crippen LogP contribution in [0.2, 0.25) is 5.28 Å². The first-order chi connectivity index (χ1) is 16.5. The minimum atomic E-state index is -2.79. The number of anilines is 1. The smallest absolute Gasteiger partial charge is 0.348 e. The van der Waals surface area contributed by atoms with E-state index >= 15 is 0 Å². The number of aliphatic hydroxyl groups is 2. The molecule has 0 bridgehead atoms. The number of aliphatic carboxylic acids is 2. The lowest BCUT2D eigenvalue weighted by Crippen LogP contribution is -2.56. The first-order valence-electron chi connectivity index (χ1n) is 9.54. The maximum Gasteiger partial charge on any atom is 0.348 e. The zero-order chi connectivity index (χ0) is 26.0. The third-order valence-electron chi connectivity index (χ3n) is 5.17. The Morgan fingerprint density at radius 2 is 2.03 bits per heavy atom. The molecular weight excluding hydrogens is 508 g/mol. The van der Waals surface area contributed by atoms with E-state index in [2.05, 4.69) is 19.9 Å². The average molecular weight is 527 g/mol. The molecular formula is C19H19ClN6O8S. The number of fused-ring (bicyclic) bond motifs is 1. The highest BCUT2D eigenvalue weighted by molar-refractivity contribution is 7.07. The number of nitrogens with zero attached hydrogens (tertiary/aromatic N) is 5. The van der Waals surface area contributed by atoms with Crippen LogP contribution in [0.3, 0.4) is 0 Å². The molecule has 0 saturated heterocycles. The van der Waals surface area contributed by atoms with Gasteiger partial charge in [-0.15, -0.1) is 17.8 Å². The van der Waals surface area contributed by atoms with Crippen LogP contribution >= 0.6 is 22.9 Å². The number of hydrogen-bond acceptors (Lipinski definition) is 12. The maximum atomic E-state index is 12.0. The van der Waals surface area contributed by atoms with Gasteiger partial charge in [-0.1, -0.05) is 5.92 Å². The van der Waals surface area contributed by atoms with Crippen molar-refractivity contribution in [1.82, 2.24) is 24.5 Å². The van der Waals surface area contributed by atoms with Crippen LogP contribution in [0.25, 0.3) is 11.2 Å². The molecule has 0 amide bonds. The average Bonchev–Trinajstić information content (AvgIpc) is 3.47. The molecule has 6 N–H and O–H groups in total. The van der Waals surface area contributed by atoms with Gasteiger partial charge < -0.3 is 35.6 Å². The maximum absolute atomic E-state index is 12.0. The van der Waals surface area contributed by atoms with Crippen molar-refractivity contribution < 1.29 is 39.5 Å². The standard InChI is InChI=1S/C19H19ClN6O8S/c1-3-18(32,14(27)26-7-22-11-12(21)24-17(20)25-13(11)26)10(33-2)5-34-19(15(28)29,16(30)31)4-9-6-35-8-23-9/h1,6-8,10,14,27,32H,4-5H2,2H3,(H,28,29)(H,30,31)(H2,21,24,25)/t10-,14-,18-/m1/s1. The second-order valence-corrected chi connectivity index (χ2v) is 8.23. The molecule has 16 heteroatoms. The quantitative estimate of drug-likeness (QED) is 0.122. The van der Waals surface area contributed by atoms with Crippen LogP contribution in [0.1, 0.15) is 11.9 Å². The molecule has 3 heterocycles. The van der Waals surface area contributed by atoms with Crippen molar-refractivity contribution >= 4 is 51.9 Å². The van der Waals surface area contributed by atoms with Gasteiger partial charge in [0.25, 0.3) is 5.60 Å². The lowest BCUT2D eigenvalue weighted by Gasteiger charge is -2.36. The predicted molar refractivity (Wildman–Crippen MR) is 120 cm³/mol. The summed E-state index contributed by atoms with van der Waals surface area (Å²) in [5.74, 6) is -1.75. The Morgan fingerprint density at radius 1 is 1.34 bits per heavy atom. The van der Waals surface area contributed by atoms with Gasteiger partial charge in [0.15, 0.2) is 23.3 Å². The van der Waals surface area contributed by atoms with Crippen molar-refractivity contribution in [2.75, 3.05) is 19.5 Å². The van der Waals surface area contributed by atoms with Crippen LogP contribution < -0.4 is 5.73 Å². The summed E-state index contributed by atoms with van der Waals surface area (Å²) < 4.78 is 11.4. The Hall–Kier alpha value is -3.39. The predicted octanol–water partition coefficient (Wildman–Crippen LogP) is -0.444. The summed E-state index contributed by atoms with van der Waals surface area (Å²) in [4.78, 5) is 39.5. The number of carboxylic acid groups (broad SMARTS) is 2. The van der Waals surface area contributed by atoms with Gasteiger partial charge in [-0.05, 0) is 11.6 Å². The monoisotopic (exact) mass is 526 g/mol. The zero-order valence-electron chi connectivity index (χ0n) is 17.9. The number of thiazole rings is 1. The van der Waals surface area contributed by atoms with Crippen LogP contribution in [-0.4, -0.2) is 87.9 Å². The van der Waals surface area contributed by atoms with E-state index in [1.165, 1.54) is 10.9 Å². The second-order valence-electron chi connectivity index (χ2n) is 7.17. The number of methoxy groups -OCH3 is 1. The lowest BCUT2D eigenvalue weighted by molar-refractivity contribution is -0.202. The van der Waals surface area contributed by atoms with Gasteiger partial charge in [0.2, 0.25) is 5.28 Å². The molecule has 3 aromatic heterocycles. The minimum absolute atomic E-state index is 0.0528. The number of ether oxygens (including phenoxy) is 2. The summed E-state index contributed by atoms with van der Waals surface area (Å²) in [7, 11) is 1.09. The number of carbonyl (C=O) groups is 2. The Kier molecular flexibility index (Phi) is 7.55. The number of halogens is 1. The molecule has 35 heavy (non-hydrogen) atoms. The summed E-state index contributed by atoms with van der Waals surface area (Å²) >= 11 is 6.96. The summed E-state index contributed by atoms with van der Waals surface area (Å²) in [6.45, 7) is -0.860. The molecule has 0 fully saturated rings. The summed E-state index contributed by atoms with van der Waals surface area (Å²) in [6, 6.07) is 0. The number of aromatic nitrogens is 5. The van der Waals surface area contributed by atoms with Gasteiger partial charge in [0, 0.05) is 18.9 Å². The van der Waals surface area contributed by atoms with Gasteiger partial charge in [0.05, 0.1) is 24.1 Å². The fraction of sp³-hybridized carbons (Fsp3) is 0.368. The van der Waals surface area contributed by atoms with Crippen molar-refractivity contribution in [3.63, 3.8) is 0 Å². The van der Waals surface area contributed by atoms with Gasteiger partial charge >= 0.3 is 11.9 Å². The van der Waals surface area contributed by atoms with Crippen molar-refractivity contribution in [2.24, 2.45) is 0 Å². The molecule has 0 aromatic carbocycles. The first kappa shape index (κ1) is 26.2. The van der Waals surface area contributed by atoms with E-state index in [4.69, 9.17) is 33.2 Å². The largest absolute Gasteiger partial charge is 0.479 e. The number of terminal acetylenes is 1. The fourth-order valence-corrected chi connectivity index (χ4v) is 3.95. The molecule has 0 spiro atoms. The molecule has 3 aromatic rings. The Bertz CT molecular complexity index is 1260. The molecule has 14 nitrogen and oxygen atoms in total. The molecule has 0 saturated carbocycles. The normalized spacial score (nSPS) is 15.3. The number of hydrogen-bond donors (Lipinski definition) is 5. The summed E-state index contributed by atoms with van der Waals surface area (Å²) in [5, 5.41) is 42.8. The third kappa shape index (κ3) is 4.75. The van der Waals surface area contributed by atoms with Crippen LogP contribution in [0.5, 0.6) is 0 Å². The van der Waals surface area contributed by atoms with Gasteiger partial charge in [-0.2, -0.15) is 9.97 Å². The van der Waals surface area contributed by atoms with Crippen LogP contribution in [-0.2, 0) is 25.5 Å². The third-order valence-corrected chi connectivity index (χ3v) is 5.97. The van der Waals surface area contributed by atoms with E-state index < -0.39 is 48.5 Å². The summed E-state index contributed by atoms with van der Waals surface area (Å²) in [6.07, 6.45) is 2.31. The highest BCUT2D eigenvalue weighted by atomic mass is 35.5. The van der Waals surface area contributed by atoms with Crippen molar-refractivity contribution in [3.8, 4) is 12.3 Å². The van der Waals surface area contributed by atoms with Gasteiger partial charge in [-0.3, -0.25) is 4.57 Å². The van der Waals surface area contributed by atoms with Crippen LogP contribution in [0.15, 0.2) is 17.2 Å². The topological polar surface area (TPSA) is 216 Å². The Morgan fingerprint density at radius 3 is 2.57 bits per heavy atom. The van der Waals surface area contributed by atoms with Gasteiger partial charge in [0.1, 0.15) is 11.6 Å². The lowest BCUT2D eigenvalue weighted by atomic mass is 9.94. The Balaban J connectivity index is 1.95. The van der Waals surface area contributed by atoms with E-state index in [0.29, 0.717) is 0 Å². The summed E-state index contributed by atoms with van der Waals surface area (Å²) in [5.41, 5.74) is 1.89. The van der Waals surface area contributed by atoms with Crippen LogP contribution in [0.4, 0.5) is 5.82 Å². The van der Waals surface area contributed by atoms with Gasteiger partial charge in [-0.25, -0.2) is 19.6 Å². The van der Waals surface area contributed by atoms with E-state index in [0.717, 1.165) is 29.3 Å².